The van der Waals surface area contributed by atoms with Gasteiger partial charge in [-0.25, -0.2) is 4.39 Å². The second-order valence-electron chi connectivity index (χ2n) is 5.74. The van der Waals surface area contributed by atoms with Gasteiger partial charge in [-0.15, -0.1) is 0 Å². The molecule has 1 aromatic heterocycles. The van der Waals surface area contributed by atoms with Crippen molar-refractivity contribution in [1.29, 1.82) is 0 Å². The first-order valence-electron chi connectivity index (χ1n) is 7.13. The van der Waals surface area contributed by atoms with Crippen molar-refractivity contribution >= 4 is 26.8 Å². The highest BCUT2D eigenvalue weighted by atomic mass is 79.9. The lowest BCUT2D eigenvalue weighted by Crippen LogP contribution is -2.13. The number of aromatic amines is 1. The number of rotatable bonds is 2. The molecule has 1 heterocycles. The average Bonchev–Trinajstić information content (AvgIpc) is 2.83. The predicted molar refractivity (Wildman–Crippen MR) is 80.9 cm³/mol. The van der Waals surface area contributed by atoms with E-state index in [4.69, 9.17) is 0 Å². The second kappa shape index (κ2) is 5.28. The van der Waals surface area contributed by atoms with Crippen LogP contribution in [0.2, 0.25) is 0 Å². The molecule has 0 amide bonds. The van der Waals surface area contributed by atoms with Gasteiger partial charge in [0.2, 0.25) is 0 Å². The highest BCUT2D eigenvalue weighted by Gasteiger charge is 2.23. The zero-order chi connectivity index (χ0) is 13.4. The van der Waals surface area contributed by atoms with E-state index in [1.165, 1.54) is 43.7 Å². The van der Waals surface area contributed by atoms with E-state index in [0.29, 0.717) is 5.92 Å². The molecule has 1 fully saturated rings. The molecule has 1 aromatic carbocycles. The zero-order valence-corrected chi connectivity index (χ0v) is 12.8. The van der Waals surface area contributed by atoms with Gasteiger partial charge in [-0.05, 0) is 58.3 Å². The van der Waals surface area contributed by atoms with Crippen molar-refractivity contribution in [2.24, 2.45) is 5.92 Å². The number of benzene rings is 1. The van der Waals surface area contributed by atoms with Crippen LogP contribution < -0.4 is 0 Å². The van der Waals surface area contributed by atoms with E-state index in [9.17, 15) is 4.39 Å². The standard InChI is InChI=1S/C16H19BrFN/c1-10(11-5-3-2-4-6-11)14-9-19-16-13(14)7-12(18)8-15(16)17/h7-11,19H,2-6H2,1H3. The van der Waals surface area contributed by atoms with Gasteiger partial charge in [0.1, 0.15) is 5.82 Å². The third-order valence-corrected chi connectivity index (χ3v) is 5.21. The van der Waals surface area contributed by atoms with Crippen molar-refractivity contribution in [3.8, 4) is 0 Å². The molecule has 0 aliphatic heterocycles. The number of nitrogens with one attached hydrogen (secondary N) is 1. The van der Waals surface area contributed by atoms with E-state index < -0.39 is 0 Å². The SMILES string of the molecule is CC(c1c[nH]c2c(Br)cc(F)cc12)C1CCCCC1. The van der Waals surface area contributed by atoms with Crippen LogP contribution in [-0.2, 0) is 0 Å². The lowest BCUT2D eigenvalue weighted by atomic mass is 9.78. The average molecular weight is 324 g/mol. The molecule has 0 spiro atoms. The molecule has 3 heteroatoms. The van der Waals surface area contributed by atoms with Gasteiger partial charge in [0.15, 0.2) is 0 Å². The van der Waals surface area contributed by atoms with Crippen LogP contribution in [0, 0.1) is 11.7 Å². The first kappa shape index (κ1) is 13.2. The van der Waals surface area contributed by atoms with E-state index >= 15 is 0 Å². The topological polar surface area (TPSA) is 15.8 Å². The summed E-state index contributed by atoms with van der Waals surface area (Å²) in [5.41, 5.74) is 2.28. The van der Waals surface area contributed by atoms with Gasteiger partial charge in [0.25, 0.3) is 0 Å². The van der Waals surface area contributed by atoms with Crippen molar-refractivity contribution in [1.82, 2.24) is 4.98 Å². The molecule has 1 aliphatic carbocycles. The molecule has 0 radical (unpaired) electrons. The minimum Gasteiger partial charge on any atom is -0.360 e. The van der Waals surface area contributed by atoms with E-state index in [1.807, 2.05) is 0 Å². The third kappa shape index (κ3) is 2.45. The fourth-order valence-corrected chi connectivity index (χ4v) is 3.99. The number of aromatic nitrogens is 1. The molecule has 1 unspecified atom stereocenters. The highest BCUT2D eigenvalue weighted by Crippen LogP contribution is 2.39. The van der Waals surface area contributed by atoms with Crippen molar-refractivity contribution in [2.45, 2.75) is 44.9 Å². The molecule has 0 bridgehead atoms. The third-order valence-electron chi connectivity index (χ3n) is 4.59. The van der Waals surface area contributed by atoms with Crippen LogP contribution in [0.3, 0.4) is 0 Å². The maximum absolute atomic E-state index is 13.6. The number of halogens is 2. The Balaban J connectivity index is 2.00. The largest absolute Gasteiger partial charge is 0.360 e. The molecule has 2 aromatic rings. The Kier molecular flexibility index (Phi) is 3.66. The van der Waals surface area contributed by atoms with Crippen LogP contribution >= 0.6 is 15.9 Å². The summed E-state index contributed by atoms with van der Waals surface area (Å²) in [6.07, 6.45) is 8.74. The van der Waals surface area contributed by atoms with Gasteiger partial charge in [-0.3, -0.25) is 0 Å². The molecule has 3 rings (SSSR count). The number of H-pyrrole nitrogens is 1. The van der Waals surface area contributed by atoms with Crippen LogP contribution in [0.25, 0.3) is 10.9 Å². The Labute approximate surface area is 121 Å². The maximum atomic E-state index is 13.6. The van der Waals surface area contributed by atoms with Gasteiger partial charge in [0, 0.05) is 16.1 Å². The Morgan fingerprint density at radius 1 is 1.26 bits per heavy atom. The smallest absolute Gasteiger partial charge is 0.125 e. The molecule has 0 saturated heterocycles. The number of hydrogen-bond acceptors (Lipinski definition) is 0. The molecular weight excluding hydrogens is 305 g/mol. The predicted octanol–water partition coefficient (Wildman–Crippen LogP) is 5.75. The summed E-state index contributed by atoms with van der Waals surface area (Å²) < 4.78 is 14.4. The Morgan fingerprint density at radius 2 is 2.00 bits per heavy atom. The zero-order valence-electron chi connectivity index (χ0n) is 11.2. The van der Waals surface area contributed by atoms with E-state index in [0.717, 1.165) is 21.3 Å². The van der Waals surface area contributed by atoms with Crippen LogP contribution in [-0.4, -0.2) is 4.98 Å². The molecular formula is C16H19BrFN. The van der Waals surface area contributed by atoms with Crippen molar-refractivity contribution in [2.75, 3.05) is 0 Å². The van der Waals surface area contributed by atoms with Crippen LogP contribution in [0.15, 0.2) is 22.8 Å². The Hall–Kier alpha value is -0.830. The van der Waals surface area contributed by atoms with E-state index in [-0.39, 0.29) is 5.82 Å². The minimum absolute atomic E-state index is 0.170. The normalized spacial score (nSPS) is 18.9. The van der Waals surface area contributed by atoms with Gasteiger partial charge >= 0.3 is 0 Å². The molecule has 1 saturated carbocycles. The molecule has 1 aliphatic rings. The first-order chi connectivity index (χ1) is 9.16. The first-order valence-corrected chi connectivity index (χ1v) is 7.92. The van der Waals surface area contributed by atoms with Gasteiger partial charge in [-0.2, -0.15) is 0 Å². The monoisotopic (exact) mass is 323 g/mol. The minimum atomic E-state index is -0.170. The van der Waals surface area contributed by atoms with E-state index in [1.54, 1.807) is 6.07 Å². The second-order valence-corrected chi connectivity index (χ2v) is 6.60. The summed E-state index contributed by atoms with van der Waals surface area (Å²) in [6, 6.07) is 3.18. The van der Waals surface area contributed by atoms with Gasteiger partial charge in [-0.1, -0.05) is 26.2 Å². The van der Waals surface area contributed by atoms with Gasteiger partial charge in [0.05, 0.1) is 5.52 Å². The van der Waals surface area contributed by atoms with Crippen molar-refractivity contribution in [3.63, 3.8) is 0 Å². The molecule has 19 heavy (non-hydrogen) atoms. The summed E-state index contributed by atoms with van der Waals surface area (Å²) in [5, 5.41) is 1.03. The fourth-order valence-electron chi connectivity index (χ4n) is 3.44. The molecule has 1 atom stereocenters. The molecule has 1 N–H and O–H groups in total. The summed E-state index contributed by atoms with van der Waals surface area (Å²) in [6.45, 7) is 2.29. The van der Waals surface area contributed by atoms with Crippen molar-refractivity contribution in [3.05, 3.63) is 34.2 Å². The van der Waals surface area contributed by atoms with Crippen LogP contribution in [0.1, 0.15) is 50.5 Å². The maximum Gasteiger partial charge on any atom is 0.125 e. The highest BCUT2D eigenvalue weighted by molar-refractivity contribution is 9.10. The summed E-state index contributed by atoms with van der Waals surface area (Å²) in [4.78, 5) is 3.29. The fraction of sp³-hybridized carbons (Fsp3) is 0.500. The Bertz CT molecular complexity index is 584. The number of fused-ring (bicyclic) bond motifs is 1. The lowest BCUT2D eigenvalue weighted by molar-refractivity contribution is 0.317. The summed E-state index contributed by atoms with van der Waals surface area (Å²) >= 11 is 3.43. The Morgan fingerprint density at radius 3 is 2.74 bits per heavy atom. The van der Waals surface area contributed by atoms with Gasteiger partial charge < -0.3 is 4.98 Å². The molecule has 102 valence electrons. The quantitative estimate of drug-likeness (QED) is 0.723. The van der Waals surface area contributed by atoms with Crippen LogP contribution in [0.5, 0.6) is 0 Å². The lowest BCUT2D eigenvalue weighted by Gasteiger charge is -2.27. The molecule has 1 nitrogen and oxygen atoms in total. The van der Waals surface area contributed by atoms with Crippen LogP contribution in [0.4, 0.5) is 4.39 Å². The number of hydrogen-bond donors (Lipinski definition) is 1. The summed E-state index contributed by atoms with van der Waals surface area (Å²) in [5.74, 6) is 1.08. The van der Waals surface area contributed by atoms with E-state index in [2.05, 4.69) is 34.0 Å². The van der Waals surface area contributed by atoms with Crippen molar-refractivity contribution < 1.29 is 4.39 Å². The summed E-state index contributed by atoms with van der Waals surface area (Å²) in [7, 11) is 0.